The Kier molecular flexibility index (Phi) is 2.88. The molecule has 0 radical (unpaired) electrons. The van der Waals surface area contributed by atoms with Crippen LogP contribution >= 0.6 is 15.9 Å². The summed E-state index contributed by atoms with van der Waals surface area (Å²) in [6.45, 7) is 0. The quantitative estimate of drug-likeness (QED) is 0.769. The topological polar surface area (TPSA) is 36.7 Å². The summed E-state index contributed by atoms with van der Waals surface area (Å²) in [6, 6.07) is 2.18. The van der Waals surface area contributed by atoms with Crippen LogP contribution in [0.5, 0.6) is 0 Å². The van der Waals surface area contributed by atoms with Crippen LogP contribution in [-0.4, -0.2) is 4.98 Å². The van der Waals surface area contributed by atoms with E-state index in [4.69, 9.17) is 5.26 Å². The third-order valence-corrected chi connectivity index (χ3v) is 1.90. The zero-order valence-corrected chi connectivity index (χ0v) is 7.65. The number of hydrogen-bond donors (Lipinski definition) is 0. The van der Waals surface area contributed by atoms with Crippen molar-refractivity contribution in [1.82, 2.24) is 4.98 Å². The molecule has 0 aromatic carbocycles. The highest BCUT2D eigenvalue weighted by Crippen LogP contribution is 2.26. The molecule has 1 heterocycles. The van der Waals surface area contributed by atoms with Crippen LogP contribution in [0.4, 0.5) is 13.2 Å². The number of aromatic nitrogens is 1. The molecular formula is C7H2BrF3N2. The second kappa shape index (κ2) is 3.75. The molecule has 0 spiro atoms. The van der Waals surface area contributed by atoms with E-state index >= 15 is 0 Å². The van der Waals surface area contributed by atoms with Crippen molar-refractivity contribution in [2.24, 2.45) is 0 Å². The van der Waals surface area contributed by atoms with Crippen LogP contribution < -0.4 is 0 Å². The van der Waals surface area contributed by atoms with Crippen molar-refractivity contribution >= 4 is 15.9 Å². The molecule has 0 aliphatic heterocycles. The fourth-order valence-corrected chi connectivity index (χ4v) is 1.17. The number of nitrogens with zero attached hydrogens (tertiary/aromatic N) is 2. The summed E-state index contributed by atoms with van der Waals surface area (Å²) >= 11 is 2.72. The first-order valence-corrected chi connectivity index (χ1v) is 3.89. The maximum absolute atomic E-state index is 12.7. The highest BCUT2D eigenvalue weighted by atomic mass is 79.9. The van der Waals surface area contributed by atoms with Gasteiger partial charge in [-0.3, -0.25) is 0 Å². The molecule has 0 atom stereocenters. The molecule has 1 aromatic rings. The van der Waals surface area contributed by atoms with Crippen LogP contribution in [0.1, 0.15) is 17.8 Å². The molecular weight excluding hydrogens is 249 g/mol. The van der Waals surface area contributed by atoms with Crippen molar-refractivity contribution in [2.45, 2.75) is 6.43 Å². The van der Waals surface area contributed by atoms with E-state index in [-0.39, 0.29) is 4.47 Å². The Bertz CT molecular complexity index is 373. The fraction of sp³-hybridized carbons (Fsp3) is 0.143. The van der Waals surface area contributed by atoms with Crippen molar-refractivity contribution in [1.29, 1.82) is 5.26 Å². The molecule has 0 saturated carbocycles. The molecule has 13 heavy (non-hydrogen) atoms. The fourth-order valence-electron chi connectivity index (χ4n) is 0.712. The molecule has 0 aliphatic carbocycles. The predicted molar refractivity (Wildman–Crippen MR) is 41.6 cm³/mol. The summed E-state index contributed by atoms with van der Waals surface area (Å²) in [5.41, 5.74) is -1.25. The van der Waals surface area contributed by atoms with E-state index in [1.165, 1.54) is 6.07 Å². The molecule has 2 nitrogen and oxygen atoms in total. The zero-order chi connectivity index (χ0) is 10.0. The van der Waals surface area contributed by atoms with Crippen molar-refractivity contribution in [2.75, 3.05) is 0 Å². The molecule has 0 bridgehead atoms. The van der Waals surface area contributed by atoms with E-state index in [1.54, 1.807) is 0 Å². The molecule has 1 aromatic heterocycles. The Morgan fingerprint density at radius 3 is 2.62 bits per heavy atom. The van der Waals surface area contributed by atoms with Gasteiger partial charge >= 0.3 is 0 Å². The number of hydrogen-bond acceptors (Lipinski definition) is 2. The van der Waals surface area contributed by atoms with E-state index in [1.807, 2.05) is 0 Å². The van der Waals surface area contributed by atoms with Crippen LogP contribution in [-0.2, 0) is 0 Å². The predicted octanol–water partition coefficient (Wildman–Crippen LogP) is 2.79. The molecule has 0 amide bonds. The Morgan fingerprint density at radius 2 is 2.15 bits per heavy atom. The van der Waals surface area contributed by atoms with Gasteiger partial charge in [-0.05, 0) is 22.0 Å². The lowest BCUT2D eigenvalue weighted by atomic mass is 10.3. The van der Waals surface area contributed by atoms with Gasteiger partial charge in [-0.1, -0.05) is 0 Å². The van der Waals surface area contributed by atoms with Gasteiger partial charge in [0.2, 0.25) is 0 Å². The Balaban J connectivity index is 3.33. The minimum Gasteiger partial charge on any atom is -0.232 e. The molecule has 0 saturated heterocycles. The smallest absolute Gasteiger partial charge is 0.232 e. The third-order valence-electron chi connectivity index (χ3n) is 1.27. The minimum absolute atomic E-state index is 0.140. The van der Waals surface area contributed by atoms with Gasteiger partial charge in [0.25, 0.3) is 6.43 Å². The SMILES string of the molecule is N#Cc1nc(C(F)F)c(Br)cc1F. The van der Waals surface area contributed by atoms with E-state index in [9.17, 15) is 13.2 Å². The van der Waals surface area contributed by atoms with Crippen molar-refractivity contribution in [3.05, 3.63) is 27.7 Å². The number of rotatable bonds is 1. The lowest BCUT2D eigenvalue weighted by Gasteiger charge is -2.02. The zero-order valence-electron chi connectivity index (χ0n) is 6.06. The molecule has 0 N–H and O–H groups in total. The van der Waals surface area contributed by atoms with E-state index in [2.05, 4.69) is 20.9 Å². The van der Waals surface area contributed by atoms with E-state index < -0.39 is 23.6 Å². The maximum atomic E-state index is 12.7. The van der Waals surface area contributed by atoms with Gasteiger partial charge in [0.1, 0.15) is 11.8 Å². The van der Waals surface area contributed by atoms with Crippen molar-refractivity contribution in [3.8, 4) is 6.07 Å². The lowest BCUT2D eigenvalue weighted by Crippen LogP contribution is -1.98. The van der Waals surface area contributed by atoms with Crippen LogP contribution in [0.25, 0.3) is 0 Å². The largest absolute Gasteiger partial charge is 0.281 e. The standard InChI is InChI=1S/C7H2BrF3N2/c8-3-1-4(9)5(2-12)13-6(3)7(10)11/h1,7H. The first-order valence-electron chi connectivity index (χ1n) is 3.10. The maximum Gasteiger partial charge on any atom is 0.281 e. The monoisotopic (exact) mass is 250 g/mol. The van der Waals surface area contributed by atoms with Gasteiger partial charge < -0.3 is 0 Å². The summed E-state index contributed by atoms with van der Waals surface area (Å²) in [5, 5.41) is 8.30. The second-order valence-electron chi connectivity index (χ2n) is 2.10. The van der Waals surface area contributed by atoms with Crippen molar-refractivity contribution < 1.29 is 13.2 Å². The molecule has 6 heteroatoms. The van der Waals surface area contributed by atoms with E-state index in [0.29, 0.717) is 0 Å². The van der Waals surface area contributed by atoms with Gasteiger partial charge in [-0.15, -0.1) is 0 Å². The number of alkyl halides is 2. The highest BCUT2D eigenvalue weighted by molar-refractivity contribution is 9.10. The molecule has 68 valence electrons. The summed E-state index contributed by atoms with van der Waals surface area (Å²) in [6.07, 6.45) is -2.83. The van der Waals surface area contributed by atoms with Crippen LogP contribution in [0, 0.1) is 17.1 Å². The summed E-state index contributed by atoms with van der Waals surface area (Å²) in [4.78, 5) is 3.16. The van der Waals surface area contributed by atoms with Gasteiger partial charge in [0, 0.05) is 4.47 Å². The number of halogens is 4. The average molecular weight is 251 g/mol. The van der Waals surface area contributed by atoms with Crippen LogP contribution in [0.15, 0.2) is 10.5 Å². The van der Waals surface area contributed by atoms with Gasteiger partial charge in [0.15, 0.2) is 11.5 Å². The summed E-state index contributed by atoms with van der Waals surface area (Å²) in [5.74, 6) is -0.918. The van der Waals surface area contributed by atoms with E-state index in [0.717, 1.165) is 6.07 Å². The lowest BCUT2D eigenvalue weighted by molar-refractivity contribution is 0.145. The Hall–Kier alpha value is -1.09. The van der Waals surface area contributed by atoms with Crippen LogP contribution in [0.3, 0.4) is 0 Å². The highest BCUT2D eigenvalue weighted by Gasteiger charge is 2.17. The summed E-state index contributed by atoms with van der Waals surface area (Å²) < 4.78 is 36.9. The molecule has 0 unspecified atom stereocenters. The minimum atomic E-state index is -2.83. The Morgan fingerprint density at radius 1 is 1.54 bits per heavy atom. The van der Waals surface area contributed by atoms with Gasteiger partial charge in [-0.25, -0.2) is 18.2 Å². The average Bonchev–Trinajstić information content (AvgIpc) is 2.03. The molecule has 0 aliphatic rings. The summed E-state index contributed by atoms with van der Waals surface area (Å²) in [7, 11) is 0. The normalized spacial score (nSPS) is 10.2. The molecule has 0 fully saturated rings. The number of pyridine rings is 1. The molecule has 1 rings (SSSR count). The Labute approximate surface area is 80.1 Å². The third kappa shape index (κ3) is 1.98. The van der Waals surface area contributed by atoms with Crippen molar-refractivity contribution in [3.63, 3.8) is 0 Å². The number of nitriles is 1. The second-order valence-corrected chi connectivity index (χ2v) is 2.95. The first-order chi connectivity index (χ1) is 6.06. The first kappa shape index (κ1) is 9.99. The van der Waals surface area contributed by atoms with Crippen LogP contribution in [0.2, 0.25) is 0 Å². The van der Waals surface area contributed by atoms with Gasteiger partial charge in [-0.2, -0.15) is 5.26 Å². The van der Waals surface area contributed by atoms with Gasteiger partial charge in [0.05, 0.1) is 0 Å².